The molecule has 1 N–H and O–H groups in total. The molecule has 0 fully saturated rings. The minimum atomic E-state index is -1.49. The SMILES string of the molecule is O=C(O)C(=O)/C=C/c1ccc(Cl)c2cccnc12. The van der Waals surface area contributed by atoms with E-state index >= 15 is 0 Å². The van der Waals surface area contributed by atoms with E-state index < -0.39 is 11.8 Å². The van der Waals surface area contributed by atoms with Crippen LogP contribution < -0.4 is 0 Å². The molecule has 0 aliphatic heterocycles. The summed E-state index contributed by atoms with van der Waals surface area (Å²) in [5.74, 6) is -2.47. The second-order valence-electron chi connectivity index (χ2n) is 3.54. The lowest BCUT2D eigenvalue weighted by molar-refractivity contribution is -0.146. The number of aliphatic carboxylic acids is 1. The van der Waals surface area contributed by atoms with Crippen molar-refractivity contribution in [2.24, 2.45) is 0 Å². The lowest BCUT2D eigenvalue weighted by Gasteiger charge is -2.02. The third-order valence-electron chi connectivity index (χ3n) is 2.37. The number of halogens is 1. The van der Waals surface area contributed by atoms with Crippen molar-refractivity contribution in [1.82, 2.24) is 4.98 Å². The van der Waals surface area contributed by atoms with Gasteiger partial charge < -0.3 is 5.11 Å². The van der Waals surface area contributed by atoms with Gasteiger partial charge in [-0.05, 0) is 30.4 Å². The van der Waals surface area contributed by atoms with Gasteiger partial charge in [-0.25, -0.2) is 4.79 Å². The molecule has 2 aromatic rings. The second-order valence-corrected chi connectivity index (χ2v) is 3.95. The molecule has 4 nitrogen and oxygen atoms in total. The summed E-state index contributed by atoms with van der Waals surface area (Å²) in [6, 6.07) is 6.92. The van der Waals surface area contributed by atoms with Gasteiger partial charge in [-0.1, -0.05) is 17.7 Å². The fourth-order valence-electron chi connectivity index (χ4n) is 1.53. The van der Waals surface area contributed by atoms with E-state index in [0.717, 1.165) is 11.5 Å². The van der Waals surface area contributed by atoms with Crippen LogP contribution in [-0.2, 0) is 9.59 Å². The quantitative estimate of drug-likeness (QED) is 0.681. The van der Waals surface area contributed by atoms with E-state index in [-0.39, 0.29) is 0 Å². The number of rotatable bonds is 3. The topological polar surface area (TPSA) is 67.3 Å². The van der Waals surface area contributed by atoms with Crippen LogP contribution in [-0.4, -0.2) is 21.8 Å². The highest BCUT2D eigenvalue weighted by molar-refractivity contribution is 6.38. The maximum atomic E-state index is 11.0. The second kappa shape index (κ2) is 4.98. The summed E-state index contributed by atoms with van der Waals surface area (Å²) in [6.45, 7) is 0. The predicted octanol–water partition coefficient (Wildman–Crippen LogP) is 2.56. The smallest absolute Gasteiger partial charge is 0.376 e. The number of nitrogens with zero attached hydrogens (tertiary/aromatic N) is 1. The van der Waals surface area contributed by atoms with Crippen molar-refractivity contribution >= 4 is 40.3 Å². The molecule has 1 aromatic heterocycles. The number of aromatic nitrogens is 1. The zero-order valence-electron chi connectivity index (χ0n) is 9.13. The maximum Gasteiger partial charge on any atom is 0.376 e. The van der Waals surface area contributed by atoms with Gasteiger partial charge in [0.1, 0.15) is 0 Å². The van der Waals surface area contributed by atoms with E-state index in [1.165, 1.54) is 6.08 Å². The Morgan fingerprint density at radius 2 is 2.06 bits per heavy atom. The predicted molar refractivity (Wildman–Crippen MR) is 68.4 cm³/mol. The molecule has 1 heterocycles. The molecule has 0 atom stereocenters. The van der Waals surface area contributed by atoms with Gasteiger partial charge in [0.2, 0.25) is 0 Å². The van der Waals surface area contributed by atoms with Crippen LogP contribution in [0.4, 0.5) is 0 Å². The molecule has 0 unspecified atom stereocenters. The van der Waals surface area contributed by atoms with Crippen molar-refractivity contribution in [3.8, 4) is 0 Å². The minimum Gasteiger partial charge on any atom is -0.475 e. The normalized spacial score (nSPS) is 10.9. The number of carbonyl (C=O) groups is 2. The Labute approximate surface area is 108 Å². The number of hydrogen-bond donors (Lipinski definition) is 1. The Bertz CT molecular complexity index is 664. The van der Waals surface area contributed by atoms with E-state index in [2.05, 4.69) is 4.98 Å². The van der Waals surface area contributed by atoms with Crippen molar-refractivity contribution in [3.05, 3.63) is 47.1 Å². The van der Waals surface area contributed by atoms with Crippen molar-refractivity contribution in [2.45, 2.75) is 0 Å². The zero-order valence-corrected chi connectivity index (χ0v) is 9.89. The van der Waals surface area contributed by atoms with Gasteiger partial charge in [-0.3, -0.25) is 9.78 Å². The van der Waals surface area contributed by atoms with Crippen LogP contribution in [0.1, 0.15) is 5.56 Å². The van der Waals surface area contributed by atoms with Gasteiger partial charge in [0, 0.05) is 17.1 Å². The average molecular weight is 262 g/mol. The van der Waals surface area contributed by atoms with E-state index in [4.69, 9.17) is 16.7 Å². The maximum absolute atomic E-state index is 11.0. The van der Waals surface area contributed by atoms with Gasteiger partial charge in [0.15, 0.2) is 0 Å². The summed E-state index contributed by atoms with van der Waals surface area (Å²) in [7, 11) is 0. The van der Waals surface area contributed by atoms with Gasteiger partial charge in [-0.15, -0.1) is 0 Å². The van der Waals surface area contributed by atoms with Crippen LogP contribution in [0.3, 0.4) is 0 Å². The number of carbonyl (C=O) groups excluding carboxylic acids is 1. The van der Waals surface area contributed by atoms with Crippen LogP contribution >= 0.6 is 11.6 Å². The number of ketones is 1. The molecule has 0 spiro atoms. The van der Waals surface area contributed by atoms with Gasteiger partial charge >= 0.3 is 5.97 Å². The monoisotopic (exact) mass is 261 g/mol. The molecule has 0 saturated carbocycles. The fraction of sp³-hybridized carbons (Fsp3) is 0. The van der Waals surface area contributed by atoms with Crippen molar-refractivity contribution < 1.29 is 14.7 Å². The van der Waals surface area contributed by atoms with E-state index in [0.29, 0.717) is 16.1 Å². The molecule has 1 aromatic carbocycles. The van der Waals surface area contributed by atoms with Crippen LogP contribution in [0, 0.1) is 0 Å². The lowest BCUT2D eigenvalue weighted by atomic mass is 10.1. The number of carboxylic acids is 1. The van der Waals surface area contributed by atoms with Gasteiger partial charge in [-0.2, -0.15) is 0 Å². The van der Waals surface area contributed by atoms with Crippen LogP contribution in [0.5, 0.6) is 0 Å². The van der Waals surface area contributed by atoms with Crippen molar-refractivity contribution in [2.75, 3.05) is 0 Å². The first-order valence-electron chi connectivity index (χ1n) is 5.08. The first kappa shape index (κ1) is 12.3. The van der Waals surface area contributed by atoms with E-state index in [1.54, 1.807) is 30.5 Å². The molecule has 0 aliphatic rings. The molecule has 90 valence electrons. The molecule has 0 radical (unpaired) electrons. The zero-order chi connectivity index (χ0) is 13.1. The molecule has 5 heteroatoms. The standard InChI is InChI=1S/C13H8ClNO3/c14-10-5-3-8(4-6-11(16)13(17)18)12-9(10)2-1-7-15-12/h1-7H,(H,17,18)/b6-4+. The van der Waals surface area contributed by atoms with Crippen LogP contribution in [0.2, 0.25) is 5.02 Å². The molecule has 0 bridgehead atoms. The Balaban J connectivity index is 2.50. The van der Waals surface area contributed by atoms with Gasteiger partial charge in [0.05, 0.1) is 10.5 Å². The summed E-state index contributed by atoms with van der Waals surface area (Å²) in [5, 5.41) is 9.79. The van der Waals surface area contributed by atoms with E-state index in [1.807, 2.05) is 0 Å². The molecule has 18 heavy (non-hydrogen) atoms. The van der Waals surface area contributed by atoms with E-state index in [9.17, 15) is 9.59 Å². The molecule has 0 saturated heterocycles. The molecule has 0 aliphatic carbocycles. The first-order valence-corrected chi connectivity index (χ1v) is 5.46. The average Bonchev–Trinajstić information content (AvgIpc) is 2.38. The molecule has 2 rings (SSSR count). The lowest BCUT2D eigenvalue weighted by Crippen LogP contribution is -2.08. The Morgan fingerprint density at radius 3 is 2.78 bits per heavy atom. The highest BCUT2D eigenvalue weighted by atomic mass is 35.5. The van der Waals surface area contributed by atoms with Crippen molar-refractivity contribution in [3.63, 3.8) is 0 Å². The van der Waals surface area contributed by atoms with Gasteiger partial charge in [0.25, 0.3) is 5.78 Å². The third-order valence-corrected chi connectivity index (χ3v) is 2.70. The summed E-state index contributed by atoms with van der Waals surface area (Å²) >= 11 is 6.02. The summed E-state index contributed by atoms with van der Waals surface area (Å²) in [4.78, 5) is 25.6. The Morgan fingerprint density at radius 1 is 1.28 bits per heavy atom. The van der Waals surface area contributed by atoms with Crippen molar-refractivity contribution in [1.29, 1.82) is 0 Å². The largest absolute Gasteiger partial charge is 0.475 e. The number of fused-ring (bicyclic) bond motifs is 1. The molecular formula is C13H8ClNO3. The summed E-state index contributed by atoms with van der Waals surface area (Å²) in [6.07, 6.45) is 4.02. The minimum absolute atomic E-state index is 0.555. The molecule has 0 amide bonds. The highest BCUT2D eigenvalue weighted by Crippen LogP contribution is 2.25. The fourth-order valence-corrected chi connectivity index (χ4v) is 1.75. The Hall–Kier alpha value is -2.20. The first-order chi connectivity index (χ1) is 8.59. The number of carboxylic acid groups (broad SMARTS) is 1. The summed E-state index contributed by atoms with van der Waals surface area (Å²) < 4.78 is 0. The molecular weight excluding hydrogens is 254 g/mol. The summed E-state index contributed by atoms with van der Waals surface area (Å²) in [5.41, 5.74) is 1.27. The Kier molecular flexibility index (Phi) is 3.39. The highest BCUT2D eigenvalue weighted by Gasteiger charge is 2.07. The third kappa shape index (κ3) is 2.38. The number of pyridine rings is 1. The van der Waals surface area contributed by atoms with Crippen LogP contribution in [0.15, 0.2) is 36.5 Å². The number of hydrogen-bond acceptors (Lipinski definition) is 3. The van der Waals surface area contributed by atoms with Crippen LogP contribution in [0.25, 0.3) is 17.0 Å². The number of benzene rings is 1.